The minimum absolute atomic E-state index is 0.00752. The third-order valence-corrected chi connectivity index (χ3v) is 2.75. The van der Waals surface area contributed by atoms with Gasteiger partial charge >= 0.3 is 5.97 Å². The van der Waals surface area contributed by atoms with E-state index < -0.39 is 17.9 Å². The standard InChI is InChI=1S/C12H24N2O4/c1-5-9(3)14(7-8-17-4)11(15)10(13)12(16)18-6-2/h9-10H,5-8,13H2,1-4H3. The lowest BCUT2D eigenvalue weighted by molar-refractivity contribution is -0.151. The van der Waals surface area contributed by atoms with Crippen LogP contribution in [0.25, 0.3) is 0 Å². The minimum atomic E-state index is -1.25. The predicted molar refractivity (Wildman–Crippen MR) is 68.0 cm³/mol. The van der Waals surface area contributed by atoms with Gasteiger partial charge in [0, 0.05) is 19.7 Å². The summed E-state index contributed by atoms with van der Waals surface area (Å²) in [6.07, 6.45) is 0.783. The fourth-order valence-corrected chi connectivity index (χ4v) is 1.47. The van der Waals surface area contributed by atoms with E-state index in [4.69, 9.17) is 15.2 Å². The van der Waals surface area contributed by atoms with Gasteiger partial charge in [0.1, 0.15) is 0 Å². The molecule has 0 aliphatic heterocycles. The average molecular weight is 260 g/mol. The molecule has 0 aliphatic carbocycles. The fourth-order valence-electron chi connectivity index (χ4n) is 1.47. The predicted octanol–water partition coefficient (Wildman–Crippen LogP) is 0.150. The van der Waals surface area contributed by atoms with E-state index in [1.54, 1.807) is 18.9 Å². The molecule has 2 unspecified atom stereocenters. The molecular weight excluding hydrogens is 236 g/mol. The number of rotatable bonds is 8. The summed E-state index contributed by atoms with van der Waals surface area (Å²) in [7, 11) is 1.56. The number of esters is 1. The van der Waals surface area contributed by atoms with Crippen LogP contribution >= 0.6 is 0 Å². The lowest BCUT2D eigenvalue weighted by Gasteiger charge is -2.30. The molecule has 0 saturated heterocycles. The summed E-state index contributed by atoms with van der Waals surface area (Å²) in [5.74, 6) is -1.10. The van der Waals surface area contributed by atoms with Gasteiger partial charge in [0.25, 0.3) is 5.91 Å². The van der Waals surface area contributed by atoms with Crippen LogP contribution in [0.3, 0.4) is 0 Å². The molecule has 0 aromatic rings. The SMILES string of the molecule is CCOC(=O)C(N)C(=O)N(CCOC)C(C)CC. The van der Waals surface area contributed by atoms with Crippen molar-refractivity contribution in [2.75, 3.05) is 26.9 Å². The number of methoxy groups -OCH3 is 1. The van der Waals surface area contributed by atoms with E-state index in [9.17, 15) is 9.59 Å². The lowest BCUT2D eigenvalue weighted by Crippen LogP contribution is -2.52. The van der Waals surface area contributed by atoms with E-state index in [1.165, 1.54) is 0 Å². The number of ether oxygens (including phenoxy) is 2. The molecule has 0 radical (unpaired) electrons. The first kappa shape index (κ1) is 16.9. The van der Waals surface area contributed by atoms with Gasteiger partial charge in [0.2, 0.25) is 0 Å². The molecule has 0 aromatic heterocycles. The summed E-state index contributed by atoms with van der Waals surface area (Å²) in [5, 5.41) is 0. The van der Waals surface area contributed by atoms with Crippen LogP contribution in [0.2, 0.25) is 0 Å². The van der Waals surface area contributed by atoms with Gasteiger partial charge < -0.3 is 20.1 Å². The summed E-state index contributed by atoms with van der Waals surface area (Å²) < 4.78 is 9.70. The number of nitrogens with zero attached hydrogens (tertiary/aromatic N) is 1. The van der Waals surface area contributed by atoms with Crippen molar-refractivity contribution in [1.82, 2.24) is 4.90 Å². The molecule has 0 saturated carbocycles. The number of amides is 1. The molecular formula is C12H24N2O4. The van der Waals surface area contributed by atoms with Crippen molar-refractivity contribution in [2.45, 2.75) is 39.3 Å². The number of nitrogens with two attached hydrogens (primary N) is 1. The quantitative estimate of drug-likeness (QED) is 0.496. The summed E-state index contributed by atoms with van der Waals surface area (Å²) in [6, 6.07) is -1.25. The first-order valence-electron chi connectivity index (χ1n) is 6.21. The van der Waals surface area contributed by atoms with E-state index in [0.29, 0.717) is 13.2 Å². The second-order valence-corrected chi connectivity index (χ2v) is 4.01. The highest BCUT2D eigenvalue weighted by molar-refractivity contribution is 6.01. The molecule has 0 aliphatic rings. The van der Waals surface area contributed by atoms with Crippen molar-refractivity contribution in [3.05, 3.63) is 0 Å². The molecule has 0 spiro atoms. The Morgan fingerprint density at radius 1 is 1.33 bits per heavy atom. The van der Waals surface area contributed by atoms with Crippen LogP contribution in [0, 0.1) is 0 Å². The Morgan fingerprint density at radius 3 is 2.39 bits per heavy atom. The largest absolute Gasteiger partial charge is 0.464 e. The normalized spacial score (nSPS) is 13.8. The lowest BCUT2D eigenvalue weighted by atomic mass is 10.1. The van der Waals surface area contributed by atoms with E-state index in [1.807, 2.05) is 13.8 Å². The molecule has 106 valence electrons. The Kier molecular flexibility index (Phi) is 8.32. The van der Waals surface area contributed by atoms with Crippen LogP contribution in [-0.2, 0) is 19.1 Å². The number of carbonyl (C=O) groups is 2. The Hall–Kier alpha value is -1.14. The van der Waals surface area contributed by atoms with Crippen LogP contribution in [0.1, 0.15) is 27.2 Å². The summed E-state index contributed by atoms with van der Waals surface area (Å²) in [4.78, 5) is 25.1. The highest BCUT2D eigenvalue weighted by Gasteiger charge is 2.30. The molecule has 2 atom stereocenters. The first-order chi connectivity index (χ1) is 8.49. The Bertz CT molecular complexity index is 271. The van der Waals surface area contributed by atoms with Gasteiger partial charge in [0.15, 0.2) is 6.04 Å². The maximum atomic E-state index is 12.1. The highest BCUT2D eigenvalue weighted by Crippen LogP contribution is 2.06. The van der Waals surface area contributed by atoms with Crippen LogP contribution in [0.15, 0.2) is 0 Å². The molecule has 6 nitrogen and oxygen atoms in total. The first-order valence-corrected chi connectivity index (χ1v) is 6.21. The highest BCUT2D eigenvalue weighted by atomic mass is 16.5. The molecule has 0 fully saturated rings. The van der Waals surface area contributed by atoms with Crippen molar-refractivity contribution in [1.29, 1.82) is 0 Å². The van der Waals surface area contributed by atoms with Gasteiger partial charge in [-0.25, -0.2) is 4.79 Å². The Labute approximate surface area is 108 Å². The van der Waals surface area contributed by atoms with E-state index >= 15 is 0 Å². The van der Waals surface area contributed by atoms with Gasteiger partial charge in [-0.1, -0.05) is 6.92 Å². The molecule has 2 N–H and O–H groups in total. The fraction of sp³-hybridized carbons (Fsp3) is 0.833. The van der Waals surface area contributed by atoms with Gasteiger partial charge in [-0.2, -0.15) is 0 Å². The zero-order valence-corrected chi connectivity index (χ0v) is 11.6. The van der Waals surface area contributed by atoms with Gasteiger partial charge in [0.05, 0.1) is 13.2 Å². The zero-order valence-electron chi connectivity index (χ0n) is 11.6. The average Bonchev–Trinajstić information content (AvgIpc) is 2.37. The second-order valence-electron chi connectivity index (χ2n) is 4.01. The van der Waals surface area contributed by atoms with Crippen molar-refractivity contribution < 1.29 is 19.1 Å². The van der Waals surface area contributed by atoms with Gasteiger partial charge in [-0.15, -0.1) is 0 Å². The smallest absolute Gasteiger partial charge is 0.332 e. The minimum Gasteiger partial charge on any atom is -0.464 e. The van der Waals surface area contributed by atoms with E-state index in [0.717, 1.165) is 6.42 Å². The number of hydrogen-bond donors (Lipinski definition) is 1. The van der Waals surface area contributed by atoms with Gasteiger partial charge in [-0.05, 0) is 20.3 Å². The molecule has 1 amide bonds. The van der Waals surface area contributed by atoms with Crippen LogP contribution in [0.5, 0.6) is 0 Å². The molecule has 18 heavy (non-hydrogen) atoms. The van der Waals surface area contributed by atoms with Crippen molar-refractivity contribution in [2.24, 2.45) is 5.73 Å². The van der Waals surface area contributed by atoms with Crippen molar-refractivity contribution in [3.63, 3.8) is 0 Å². The number of carbonyl (C=O) groups excluding carboxylic acids is 2. The maximum Gasteiger partial charge on any atom is 0.332 e. The van der Waals surface area contributed by atoms with Crippen molar-refractivity contribution in [3.8, 4) is 0 Å². The van der Waals surface area contributed by atoms with Crippen molar-refractivity contribution >= 4 is 11.9 Å². The second kappa shape index (κ2) is 8.88. The van der Waals surface area contributed by atoms with E-state index in [2.05, 4.69) is 0 Å². The Balaban J connectivity index is 4.67. The molecule has 0 bridgehead atoms. The molecule has 0 rings (SSSR count). The Morgan fingerprint density at radius 2 is 1.94 bits per heavy atom. The van der Waals surface area contributed by atoms with Gasteiger partial charge in [-0.3, -0.25) is 4.79 Å². The van der Waals surface area contributed by atoms with E-state index in [-0.39, 0.29) is 12.6 Å². The topological polar surface area (TPSA) is 81.9 Å². The van der Waals surface area contributed by atoms with Crippen LogP contribution < -0.4 is 5.73 Å². The van der Waals surface area contributed by atoms with Crippen LogP contribution in [0.4, 0.5) is 0 Å². The summed E-state index contributed by atoms with van der Waals surface area (Å²) >= 11 is 0. The third kappa shape index (κ3) is 5.01. The van der Waals surface area contributed by atoms with Crippen LogP contribution in [-0.4, -0.2) is 55.7 Å². The molecule has 6 heteroatoms. The zero-order chi connectivity index (χ0) is 14.1. The summed E-state index contributed by atoms with van der Waals surface area (Å²) in [6.45, 7) is 6.58. The molecule has 0 aromatic carbocycles. The number of hydrogen-bond acceptors (Lipinski definition) is 5. The third-order valence-electron chi connectivity index (χ3n) is 2.75. The maximum absolute atomic E-state index is 12.1. The molecule has 0 heterocycles. The summed E-state index contributed by atoms with van der Waals surface area (Å²) in [5.41, 5.74) is 5.61. The monoisotopic (exact) mass is 260 g/mol.